The number of aromatic carboxylic acids is 1. The second-order valence-corrected chi connectivity index (χ2v) is 4.00. The molecule has 1 aromatic heterocycles. The van der Waals surface area contributed by atoms with Crippen LogP contribution in [0.25, 0.3) is 0 Å². The number of carboxylic acids is 1. The number of nitrogens with zero attached hydrogens (tertiary/aromatic N) is 1. The molecule has 0 aromatic carbocycles. The summed E-state index contributed by atoms with van der Waals surface area (Å²) >= 11 is 1.16. The lowest BCUT2D eigenvalue weighted by Crippen LogP contribution is -1.98. The Morgan fingerprint density at radius 2 is 2.21 bits per heavy atom. The molecule has 0 unspecified atom stereocenters. The van der Waals surface area contributed by atoms with Crippen LogP contribution in [0.15, 0.2) is 0 Å². The van der Waals surface area contributed by atoms with Gasteiger partial charge in [-0.05, 0) is 6.42 Å². The first-order chi connectivity index (χ1) is 6.69. The van der Waals surface area contributed by atoms with E-state index in [1.165, 1.54) is 0 Å². The third-order valence-corrected chi connectivity index (χ3v) is 2.89. The number of aliphatic hydroxyl groups excluding tert-OH is 1. The van der Waals surface area contributed by atoms with Crippen LogP contribution in [-0.4, -0.2) is 27.8 Å². The Morgan fingerprint density at radius 3 is 2.71 bits per heavy atom. The highest BCUT2D eigenvalue weighted by molar-refractivity contribution is 7.13. The van der Waals surface area contributed by atoms with Crippen molar-refractivity contribution in [3.05, 3.63) is 15.6 Å². The predicted molar refractivity (Wildman–Crippen MR) is 53.9 cm³/mol. The van der Waals surface area contributed by atoms with E-state index < -0.39 is 5.97 Å². The molecule has 4 nitrogen and oxygen atoms in total. The lowest BCUT2D eigenvalue weighted by Gasteiger charge is -1.93. The van der Waals surface area contributed by atoms with Gasteiger partial charge in [0.15, 0.2) is 0 Å². The SMILES string of the molecule is CCCc1nc(CCO)sc1C(=O)O. The van der Waals surface area contributed by atoms with E-state index in [-0.39, 0.29) is 6.61 Å². The number of carboxylic acid groups (broad SMARTS) is 1. The third-order valence-electron chi connectivity index (χ3n) is 1.75. The van der Waals surface area contributed by atoms with E-state index in [4.69, 9.17) is 10.2 Å². The van der Waals surface area contributed by atoms with Crippen molar-refractivity contribution in [1.82, 2.24) is 4.98 Å². The molecule has 1 heterocycles. The number of aromatic nitrogens is 1. The van der Waals surface area contributed by atoms with Crippen LogP contribution in [0.5, 0.6) is 0 Å². The maximum atomic E-state index is 10.8. The lowest BCUT2D eigenvalue weighted by molar-refractivity contribution is 0.0700. The second-order valence-electron chi connectivity index (χ2n) is 2.91. The summed E-state index contributed by atoms with van der Waals surface area (Å²) in [5.74, 6) is -0.921. The zero-order valence-corrected chi connectivity index (χ0v) is 8.80. The van der Waals surface area contributed by atoms with Crippen molar-refractivity contribution < 1.29 is 15.0 Å². The Hall–Kier alpha value is -0.940. The van der Waals surface area contributed by atoms with Crippen molar-refractivity contribution in [1.29, 1.82) is 0 Å². The maximum Gasteiger partial charge on any atom is 0.347 e. The topological polar surface area (TPSA) is 70.4 Å². The number of thiazole rings is 1. The molecule has 0 bridgehead atoms. The molecule has 14 heavy (non-hydrogen) atoms. The summed E-state index contributed by atoms with van der Waals surface area (Å²) in [6.45, 7) is 1.99. The van der Waals surface area contributed by atoms with Crippen LogP contribution in [-0.2, 0) is 12.8 Å². The smallest absolute Gasteiger partial charge is 0.347 e. The van der Waals surface area contributed by atoms with Crippen molar-refractivity contribution in [2.75, 3.05) is 6.61 Å². The van der Waals surface area contributed by atoms with Gasteiger partial charge in [0, 0.05) is 13.0 Å². The Balaban J connectivity index is 2.93. The van der Waals surface area contributed by atoms with Gasteiger partial charge >= 0.3 is 5.97 Å². The van der Waals surface area contributed by atoms with Crippen LogP contribution in [0.2, 0.25) is 0 Å². The fourth-order valence-corrected chi connectivity index (χ4v) is 2.11. The number of aliphatic hydroxyl groups is 1. The van der Waals surface area contributed by atoms with Crippen LogP contribution in [0.3, 0.4) is 0 Å². The van der Waals surface area contributed by atoms with Gasteiger partial charge in [-0.1, -0.05) is 13.3 Å². The number of carbonyl (C=O) groups is 1. The van der Waals surface area contributed by atoms with Crippen molar-refractivity contribution in [3.63, 3.8) is 0 Å². The Morgan fingerprint density at radius 1 is 1.50 bits per heavy atom. The Kier molecular flexibility index (Phi) is 4.03. The Labute approximate surface area is 86.2 Å². The average molecular weight is 215 g/mol. The lowest BCUT2D eigenvalue weighted by atomic mass is 10.2. The highest BCUT2D eigenvalue weighted by atomic mass is 32.1. The van der Waals surface area contributed by atoms with Crippen molar-refractivity contribution in [2.45, 2.75) is 26.2 Å². The molecule has 0 saturated carbocycles. The summed E-state index contributed by atoms with van der Waals surface area (Å²) in [6.07, 6.45) is 2.00. The summed E-state index contributed by atoms with van der Waals surface area (Å²) in [5.41, 5.74) is 0.647. The highest BCUT2D eigenvalue weighted by Gasteiger charge is 2.15. The van der Waals surface area contributed by atoms with Gasteiger partial charge in [-0.2, -0.15) is 0 Å². The van der Waals surface area contributed by atoms with Crippen LogP contribution in [0.1, 0.15) is 33.7 Å². The van der Waals surface area contributed by atoms with Crippen LogP contribution in [0, 0.1) is 0 Å². The number of hydrogen-bond donors (Lipinski definition) is 2. The molecule has 0 aliphatic carbocycles. The molecule has 0 fully saturated rings. The van der Waals surface area contributed by atoms with Crippen molar-refractivity contribution in [3.8, 4) is 0 Å². The molecular formula is C9H13NO3S. The van der Waals surface area contributed by atoms with Gasteiger partial charge in [0.1, 0.15) is 4.88 Å². The molecule has 0 amide bonds. The van der Waals surface area contributed by atoms with Crippen LogP contribution < -0.4 is 0 Å². The zero-order chi connectivity index (χ0) is 10.6. The number of rotatable bonds is 5. The summed E-state index contributed by atoms with van der Waals surface area (Å²) < 4.78 is 0. The van der Waals surface area contributed by atoms with Gasteiger partial charge in [-0.3, -0.25) is 0 Å². The summed E-state index contributed by atoms with van der Waals surface area (Å²) in [5, 5.41) is 18.3. The molecular weight excluding hydrogens is 202 g/mol. The minimum atomic E-state index is -0.921. The first-order valence-corrected chi connectivity index (χ1v) is 5.33. The molecule has 2 N–H and O–H groups in total. The summed E-state index contributed by atoms with van der Waals surface area (Å²) in [6, 6.07) is 0. The van der Waals surface area contributed by atoms with Crippen molar-refractivity contribution >= 4 is 17.3 Å². The van der Waals surface area contributed by atoms with E-state index in [1.807, 2.05) is 6.92 Å². The normalized spacial score (nSPS) is 10.4. The first kappa shape index (κ1) is 11.1. The highest BCUT2D eigenvalue weighted by Crippen LogP contribution is 2.20. The van der Waals surface area contributed by atoms with Gasteiger partial charge in [0.05, 0.1) is 10.7 Å². The van der Waals surface area contributed by atoms with Crippen LogP contribution in [0.4, 0.5) is 0 Å². The quantitative estimate of drug-likeness (QED) is 0.777. The first-order valence-electron chi connectivity index (χ1n) is 4.51. The van der Waals surface area contributed by atoms with E-state index in [1.54, 1.807) is 0 Å². The molecule has 0 atom stereocenters. The van der Waals surface area contributed by atoms with Gasteiger partial charge in [-0.25, -0.2) is 9.78 Å². The molecule has 0 saturated heterocycles. The van der Waals surface area contributed by atoms with Gasteiger partial charge in [-0.15, -0.1) is 11.3 Å². The molecule has 1 aromatic rings. The van der Waals surface area contributed by atoms with Crippen LogP contribution >= 0.6 is 11.3 Å². The van der Waals surface area contributed by atoms with Gasteiger partial charge < -0.3 is 10.2 Å². The van der Waals surface area contributed by atoms with E-state index in [0.29, 0.717) is 28.4 Å². The molecule has 0 spiro atoms. The molecule has 1 rings (SSSR count). The minimum absolute atomic E-state index is 0.0120. The summed E-state index contributed by atoms with van der Waals surface area (Å²) in [7, 11) is 0. The number of aryl methyl sites for hydroxylation is 1. The molecule has 0 radical (unpaired) electrons. The average Bonchev–Trinajstić information content (AvgIpc) is 2.49. The fourth-order valence-electron chi connectivity index (χ4n) is 1.18. The second kappa shape index (κ2) is 5.07. The fraction of sp³-hybridized carbons (Fsp3) is 0.556. The van der Waals surface area contributed by atoms with E-state index in [0.717, 1.165) is 17.8 Å². The molecule has 78 valence electrons. The monoisotopic (exact) mass is 215 g/mol. The van der Waals surface area contributed by atoms with Gasteiger partial charge in [0.25, 0.3) is 0 Å². The van der Waals surface area contributed by atoms with E-state index >= 15 is 0 Å². The molecule has 5 heteroatoms. The molecule has 0 aliphatic heterocycles. The predicted octanol–water partition coefficient (Wildman–Crippen LogP) is 1.33. The third kappa shape index (κ3) is 2.52. The van der Waals surface area contributed by atoms with E-state index in [2.05, 4.69) is 4.98 Å². The zero-order valence-electron chi connectivity index (χ0n) is 7.99. The molecule has 0 aliphatic rings. The van der Waals surface area contributed by atoms with Gasteiger partial charge in [0.2, 0.25) is 0 Å². The summed E-state index contributed by atoms with van der Waals surface area (Å²) in [4.78, 5) is 15.3. The largest absolute Gasteiger partial charge is 0.477 e. The minimum Gasteiger partial charge on any atom is -0.477 e. The van der Waals surface area contributed by atoms with E-state index in [9.17, 15) is 4.79 Å². The van der Waals surface area contributed by atoms with Crippen molar-refractivity contribution in [2.24, 2.45) is 0 Å². The standard InChI is InChI=1S/C9H13NO3S/c1-2-3-6-8(9(12)13)14-7(10-6)4-5-11/h11H,2-5H2,1H3,(H,12,13). The maximum absolute atomic E-state index is 10.8. The Bertz CT molecular complexity index is 322. The number of hydrogen-bond acceptors (Lipinski definition) is 4.